The highest BCUT2D eigenvalue weighted by Gasteiger charge is 2.02. The van der Waals surface area contributed by atoms with Crippen molar-refractivity contribution < 1.29 is 9.47 Å². The van der Waals surface area contributed by atoms with Crippen LogP contribution >= 0.6 is 0 Å². The number of H-pyrrole nitrogens is 1. The number of imidazole rings is 1. The molecule has 0 saturated carbocycles. The van der Waals surface area contributed by atoms with Crippen LogP contribution in [-0.4, -0.2) is 23.2 Å². The van der Waals surface area contributed by atoms with Gasteiger partial charge < -0.3 is 14.5 Å². The first-order valence-corrected chi connectivity index (χ1v) is 6.25. The van der Waals surface area contributed by atoms with Gasteiger partial charge in [0.05, 0.1) is 12.9 Å². The molecular formula is C15H18N2O2. The van der Waals surface area contributed by atoms with Crippen LogP contribution in [0.25, 0.3) is 0 Å². The highest BCUT2D eigenvalue weighted by atomic mass is 16.5. The molecule has 1 N–H and O–H groups in total. The van der Waals surface area contributed by atoms with Gasteiger partial charge in [-0.15, -0.1) is 0 Å². The van der Waals surface area contributed by atoms with Gasteiger partial charge in [0.1, 0.15) is 19.0 Å². The second-order valence-corrected chi connectivity index (χ2v) is 4.11. The van der Waals surface area contributed by atoms with E-state index in [0.29, 0.717) is 19.8 Å². The van der Waals surface area contributed by atoms with Gasteiger partial charge in [-0.1, -0.05) is 36.9 Å². The maximum absolute atomic E-state index is 5.42. The summed E-state index contributed by atoms with van der Waals surface area (Å²) in [6, 6.07) is 10.3. The lowest BCUT2D eigenvalue weighted by molar-refractivity contribution is 0.0717. The van der Waals surface area contributed by atoms with Gasteiger partial charge in [0.2, 0.25) is 0 Å². The lowest BCUT2D eigenvalue weighted by Gasteiger charge is -2.01. The summed E-state index contributed by atoms with van der Waals surface area (Å²) in [6.07, 6.45) is 4.12. The van der Waals surface area contributed by atoms with Gasteiger partial charge in [-0.05, 0) is 5.56 Å². The maximum atomic E-state index is 5.42. The Hall–Kier alpha value is -2.07. The summed E-state index contributed by atoms with van der Waals surface area (Å²) in [4.78, 5) is 7.54. The standard InChI is InChI=1S/C15H18N2O2/c1-2-18-8-9-19-12-15-16-11-14(17-15)10-13-6-4-3-5-7-13/h2-7,11H,1,8-10,12H2,(H,16,17). The van der Waals surface area contributed by atoms with Crippen LogP contribution in [0.5, 0.6) is 0 Å². The van der Waals surface area contributed by atoms with Crippen LogP contribution in [0.1, 0.15) is 17.1 Å². The molecule has 0 aliphatic carbocycles. The van der Waals surface area contributed by atoms with Gasteiger partial charge in [0, 0.05) is 18.3 Å². The van der Waals surface area contributed by atoms with Crippen molar-refractivity contribution in [1.29, 1.82) is 0 Å². The minimum Gasteiger partial charge on any atom is -0.499 e. The van der Waals surface area contributed by atoms with Crippen molar-refractivity contribution in [3.05, 3.63) is 66.5 Å². The van der Waals surface area contributed by atoms with Crippen LogP contribution in [0.15, 0.2) is 49.4 Å². The first-order chi connectivity index (χ1) is 9.38. The molecule has 1 aromatic heterocycles. The molecule has 0 aliphatic rings. The van der Waals surface area contributed by atoms with Crippen LogP contribution in [0.3, 0.4) is 0 Å². The minimum atomic E-state index is 0.468. The number of hydrogen-bond donors (Lipinski definition) is 1. The fourth-order valence-corrected chi connectivity index (χ4v) is 1.74. The van der Waals surface area contributed by atoms with E-state index in [0.717, 1.165) is 17.9 Å². The summed E-state index contributed by atoms with van der Waals surface area (Å²) < 4.78 is 10.4. The fourth-order valence-electron chi connectivity index (χ4n) is 1.74. The number of nitrogens with one attached hydrogen (secondary N) is 1. The van der Waals surface area contributed by atoms with E-state index in [4.69, 9.17) is 9.47 Å². The second-order valence-electron chi connectivity index (χ2n) is 4.11. The Kier molecular flexibility index (Phi) is 5.19. The molecule has 0 fully saturated rings. The summed E-state index contributed by atoms with van der Waals surface area (Å²) >= 11 is 0. The quantitative estimate of drug-likeness (QED) is 0.585. The van der Waals surface area contributed by atoms with Crippen LogP contribution in [0.4, 0.5) is 0 Å². The number of aromatic amines is 1. The molecule has 0 atom stereocenters. The SMILES string of the molecule is C=COCCOCc1ncc(Cc2ccccc2)[nH]1. The van der Waals surface area contributed by atoms with Crippen LogP contribution in [-0.2, 0) is 22.5 Å². The van der Waals surface area contributed by atoms with Crippen molar-refractivity contribution in [2.75, 3.05) is 13.2 Å². The molecule has 0 radical (unpaired) electrons. The first kappa shape index (κ1) is 13.4. The fraction of sp³-hybridized carbons (Fsp3) is 0.267. The maximum Gasteiger partial charge on any atom is 0.132 e. The van der Waals surface area contributed by atoms with E-state index in [-0.39, 0.29) is 0 Å². The number of rotatable bonds is 8. The molecule has 0 spiro atoms. The second kappa shape index (κ2) is 7.38. The number of aromatic nitrogens is 2. The number of hydrogen-bond acceptors (Lipinski definition) is 3. The molecule has 4 nitrogen and oxygen atoms in total. The monoisotopic (exact) mass is 258 g/mol. The van der Waals surface area contributed by atoms with E-state index < -0.39 is 0 Å². The first-order valence-electron chi connectivity index (χ1n) is 6.25. The summed E-state index contributed by atoms with van der Waals surface area (Å²) in [5.74, 6) is 0.838. The van der Waals surface area contributed by atoms with Crippen molar-refractivity contribution in [3.8, 4) is 0 Å². The highest BCUT2D eigenvalue weighted by Crippen LogP contribution is 2.07. The Balaban J connectivity index is 1.77. The molecule has 4 heteroatoms. The van der Waals surface area contributed by atoms with E-state index in [1.807, 2.05) is 24.4 Å². The number of ether oxygens (including phenoxy) is 2. The average molecular weight is 258 g/mol. The van der Waals surface area contributed by atoms with Crippen molar-refractivity contribution in [1.82, 2.24) is 9.97 Å². The summed E-state index contributed by atoms with van der Waals surface area (Å²) in [5, 5.41) is 0. The Morgan fingerprint density at radius 1 is 1.21 bits per heavy atom. The van der Waals surface area contributed by atoms with Gasteiger partial charge in [0.15, 0.2) is 0 Å². The van der Waals surface area contributed by atoms with E-state index in [9.17, 15) is 0 Å². The topological polar surface area (TPSA) is 47.1 Å². The van der Waals surface area contributed by atoms with E-state index in [1.54, 1.807) is 0 Å². The molecule has 0 aliphatic heterocycles. The van der Waals surface area contributed by atoms with E-state index in [1.165, 1.54) is 11.8 Å². The molecule has 0 saturated heterocycles. The Bertz CT molecular complexity index is 494. The lowest BCUT2D eigenvalue weighted by atomic mass is 10.1. The zero-order chi connectivity index (χ0) is 13.3. The minimum absolute atomic E-state index is 0.468. The average Bonchev–Trinajstić information content (AvgIpc) is 2.87. The molecule has 1 heterocycles. The smallest absolute Gasteiger partial charge is 0.132 e. The van der Waals surface area contributed by atoms with Crippen molar-refractivity contribution >= 4 is 0 Å². The molecule has 2 rings (SSSR count). The predicted molar refractivity (Wildman–Crippen MR) is 73.6 cm³/mol. The number of benzene rings is 1. The van der Waals surface area contributed by atoms with Crippen LogP contribution in [0.2, 0.25) is 0 Å². The zero-order valence-corrected chi connectivity index (χ0v) is 10.8. The van der Waals surface area contributed by atoms with E-state index in [2.05, 4.69) is 28.7 Å². The summed E-state index contributed by atoms with van der Waals surface area (Å²) in [7, 11) is 0. The van der Waals surface area contributed by atoms with Crippen molar-refractivity contribution in [2.45, 2.75) is 13.0 Å². The van der Waals surface area contributed by atoms with Gasteiger partial charge in [0.25, 0.3) is 0 Å². The molecule has 19 heavy (non-hydrogen) atoms. The molecular weight excluding hydrogens is 240 g/mol. The zero-order valence-electron chi connectivity index (χ0n) is 10.8. The van der Waals surface area contributed by atoms with Crippen molar-refractivity contribution in [2.24, 2.45) is 0 Å². The largest absolute Gasteiger partial charge is 0.499 e. The Morgan fingerprint density at radius 2 is 2.05 bits per heavy atom. The normalized spacial score (nSPS) is 10.3. The van der Waals surface area contributed by atoms with Gasteiger partial charge in [-0.2, -0.15) is 0 Å². The highest BCUT2D eigenvalue weighted by molar-refractivity contribution is 5.20. The molecule has 2 aromatic rings. The van der Waals surface area contributed by atoms with Gasteiger partial charge >= 0.3 is 0 Å². The molecule has 0 bridgehead atoms. The third kappa shape index (κ3) is 4.60. The van der Waals surface area contributed by atoms with E-state index >= 15 is 0 Å². The van der Waals surface area contributed by atoms with Gasteiger partial charge in [-0.25, -0.2) is 4.98 Å². The lowest BCUT2D eigenvalue weighted by Crippen LogP contribution is -2.02. The Morgan fingerprint density at radius 3 is 2.84 bits per heavy atom. The molecule has 1 aromatic carbocycles. The third-order valence-corrected chi connectivity index (χ3v) is 2.62. The summed E-state index contributed by atoms with van der Waals surface area (Å²) in [5.41, 5.74) is 2.35. The van der Waals surface area contributed by atoms with Gasteiger partial charge in [-0.3, -0.25) is 0 Å². The third-order valence-electron chi connectivity index (χ3n) is 2.62. The number of nitrogens with zero attached hydrogens (tertiary/aromatic N) is 1. The van der Waals surface area contributed by atoms with Crippen LogP contribution in [0, 0.1) is 0 Å². The van der Waals surface area contributed by atoms with Crippen LogP contribution < -0.4 is 0 Å². The van der Waals surface area contributed by atoms with Crippen molar-refractivity contribution in [3.63, 3.8) is 0 Å². The molecule has 100 valence electrons. The Labute approximate surface area is 113 Å². The predicted octanol–water partition coefficient (Wildman–Crippen LogP) is 2.68. The molecule has 0 amide bonds. The summed E-state index contributed by atoms with van der Waals surface area (Å²) in [6.45, 7) is 4.97. The molecule has 0 unspecified atom stereocenters.